The molecule has 0 aromatic rings. The van der Waals surface area contributed by atoms with Gasteiger partial charge in [-0.3, -0.25) is 19.2 Å². The largest absolute Gasteiger partial charge is 1.00 e. The summed E-state index contributed by atoms with van der Waals surface area (Å²) >= 11 is 0. The molecule has 10 nitrogen and oxygen atoms in total. The predicted molar refractivity (Wildman–Crippen MR) is 63.4 cm³/mol. The van der Waals surface area contributed by atoms with Crippen LogP contribution in [0.4, 0.5) is 0 Å². The molecule has 0 rings (SSSR count). The van der Waals surface area contributed by atoms with Crippen LogP contribution in [0.5, 0.6) is 0 Å². The summed E-state index contributed by atoms with van der Waals surface area (Å²) in [6, 6.07) is -2.59. The van der Waals surface area contributed by atoms with Gasteiger partial charge in [-0.1, -0.05) is 0 Å². The van der Waals surface area contributed by atoms with E-state index in [0.717, 1.165) is 0 Å². The van der Waals surface area contributed by atoms with Crippen molar-refractivity contribution in [2.24, 2.45) is 0 Å². The van der Waals surface area contributed by atoms with Crippen molar-refractivity contribution in [1.29, 1.82) is 0 Å². The predicted octanol–water partition coefficient (Wildman–Crippen LogP) is -14.0. The average Bonchev–Trinajstić information content (AvgIpc) is 2.29. The summed E-state index contributed by atoms with van der Waals surface area (Å²) < 4.78 is 0. The molecule has 0 fully saturated rings. The average molecular weight is 384 g/mol. The SMILES string of the molecule is O=C(O)C[C@H](NCCN[C@@H](CC(=O)O)C(=O)O)C(=O)O.[Na+].[Na+].[Na+].[Na+]. The minimum Gasteiger partial charge on any atom is -0.481 e. The van der Waals surface area contributed by atoms with Gasteiger partial charge in [0.05, 0.1) is 12.8 Å². The molecule has 6 N–H and O–H groups in total. The Bertz CT molecular complexity index is 363. The number of carbonyl (C=O) groups is 4. The third-order valence-electron chi connectivity index (χ3n) is 2.26. The van der Waals surface area contributed by atoms with Crippen molar-refractivity contribution < 1.29 is 158 Å². The molecule has 0 saturated heterocycles. The Hall–Kier alpha value is 1.80. The van der Waals surface area contributed by atoms with Crippen molar-refractivity contribution in [3.05, 3.63) is 0 Å². The molecule has 114 valence electrons. The molecule has 0 amide bonds. The van der Waals surface area contributed by atoms with Crippen LogP contribution in [0.25, 0.3) is 0 Å². The van der Waals surface area contributed by atoms with E-state index in [4.69, 9.17) is 20.4 Å². The van der Waals surface area contributed by atoms with Crippen LogP contribution in [0.3, 0.4) is 0 Å². The molecule has 2 atom stereocenters. The molecular formula is C10H16N2Na4O8+4. The number of aliphatic carboxylic acids is 4. The van der Waals surface area contributed by atoms with Gasteiger partial charge in [-0.2, -0.15) is 0 Å². The van der Waals surface area contributed by atoms with E-state index in [-0.39, 0.29) is 131 Å². The molecule has 0 saturated carbocycles. The molecule has 24 heavy (non-hydrogen) atoms. The molecule has 0 aromatic carbocycles. The molecule has 0 aromatic heterocycles. The fourth-order valence-corrected chi connectivity index (χ4v) is 1.34. The van der Waals surface area contributed by atoms with E-state index < -0.39 is 48.8 Å². The molecule has 0 aliphatic heterocycles. The molecule has 0 heterocycles. The smallest absolute Gasteiger partial charge is 0.481 e. The second-order valence-electron chi connectivity index (χ2n) is 3.89. The van der Waals surface area contributed by atoms with Crippen LogP contribution < -0.4 is 129 Å². The van der Waals surface area contributed by atoms with Gasteiger partial charge in [-0.15, -0.1) is 0 Å². The van der Waals surface area contributed by atoms with Gasteiger partial charge in [-0.25, -0.2) is 0 Å². The van der Waals surface area contributed by atoms with E-state index in [2.05, 4.69) is 10.6 Å². The fraction of sp³-hybridized carbons (Fsp3) is 0.600. The van der Waals surface area contributed by atoms with Crippen LogP contribution in [-0.2, 0) is 19.2 Å². The van der Waals surface area contributed by atoms with Gasteiger partial charge >= 0.3 is 142 Å². The summed E-state index contributed by atoms with van der Waals surface area (Å²) in [5.41, 5.74) is 0. The van der Waals surface area contributed by atoms with E-state index in [0.29, 0.717) is 0 Å². The zero-order valence-electron chi connectivity index (χ0n) is 14.4. The second-order valence-corrected chi connectivity index (χ2v) is 3.89. The summed E-state index contributed by atoms with van der Waals surface area (Å²) in [6.45, 7) is -0.0404. The Morgan fingerprint density at radius 1 is 0.625 bits per heavy atom. The first kappa shape index (κ1) is 36.7. The molecular weight excluding hydrogens is 368 g/mol. The van der Waals surface area contributed by atoms with Crippen molar-refractivity contribution >= 4 is 23.9 Å². The van der Waals surface area contributed by atoms with Crippen LogP contribution in [-0.4, -0.2) is 69.5 Å². The fourth-order valence-electron chi connectivity index (χ4n) is 1.34. The van der Waals surface area contributed by atoms with Crippen LogP contribution >= 0.6 is 0 Å². The quantitative estimate of drug-likeness (QED) is 0.148. The molecule has 0 aliphatic rings. The molecule has 14 heteroatoms. The maximum absolute atomic E-state index is 10.7. The third-order valence-corrected chi connectivity index (χ3v) is 2.26. The first-order valence-corrected chi connectivity index (χ1v) is 5.60. The van der Waals surface area contributed by atoms with Gasteiger partial charge in [0, 0.05) is 13.1 Å². The Morgan fingerprint density at radius 3 is 1.04 bits per heavy atom. The van der Waals surface area contributed by atoms with Gasteiger partial charge in [0.25, 0.3) is 0 Å². The second kappa shape index (κ2) is 21.1. The maximum Gasteiger partial charge on any atom is 1.00 e. The Balaban J connectivity index is -0.000000301. The Kier molecular flexibility index (Phi) is 32.3. The number of rotatable bonds is 11. The van der Waals surface area contributed by atoms with Crippen LogP contribution in [0.15, 0.2) is 0 Å². The molecule has 0 spiro atoms. The monoisotopic (exact) mass is 384 g/mol. The number of carboxylic acid groups (broad SMARTS) is 4. The van der Waals surface area contributed by atoms with E-state index >= 15 is 0 Å². The summed E-state index contributed by atoms with van der Waals surface area (Å²) in [6.07, 6.45) is -1.24. The molecule has 0 unspecified atom stereocenters. The van der Waals surface area contributed by atoms with Gasteiger partial charge < -0.3 is 31.1 Å². The topological polar surface area (TPSA) is 173 Å². The number of hydrogen-bond acceptors (Lipinski definition) is 6. The molecule has 0 radical (unpaired) electrons. The minimum absolute atomic E-state index is 0. The first-order chi connectivity index (χ1) is 9.23. The van der Waals surface area contributed by atoms with Crippen molar-refractivity contribution in [2.45, 2.75) is 24.9 Å². The normalized spacial score (nSPS) is 11.2. The van der Waals surface area contributed by atoms with Gasteiger partial charge in [-0.05, 0) is 0 Å². The van der Waals surface area contributed by atoms with Crippen molar-refractivity contribution in [3.63, 3.8) is 0 Å². The minimum atomic E-state index is -1.34. The van der Waals surface area contributed by atoms with E-state index in [1.807, 2.05) is 0 Å². The number of carboxylic acids is 4. The number of nitrogens with one attached hydrogen (secondary N) is 2. The Labute approximate surface area is 227 Å². The summed E-state index contributed by atoms with van der Waals surface area (Å²) in [7, 11) is 0. The van der Waals surface area contributed by atoms with Crippen molar-refractivity contribution in [2.75, 3.05) is 13.1 Å². The Morgan fingerprint density at radius 2 is 0.875 bits per heavy atom. The van der Waals surface area contributed by atoms with E-state index in [9.17, 15) is 19.2 Å². The van der Waals surface area contributed by atoms with Gasteiger partial charge in [0.2, 0.25) is 0 Å². The maximum atomic E-state index is 10.7. The summed E-state index contributed by atoms with van der Waals surface area (Å²) in [5.74, 6) is -5.25. The summed E-state index contributed by atoms with van der Waals surface area (Å²) in [4.78, 5) is 42.2. The summed E-state index contributed by atoms with van der Waals surface area (Å²) in [5, 5.41) is 39.2. The third kappa shape index (κ3) is 20.1. The zero-order chi connectivity index (χ0) is 15.7. The van der Waals surface area contributed by atoms with Gasteiger partial charge in [0.15, 0.2) is 0 Å². The number of hydrogen-bond donors (Lipinski definition) is 6. The van der Waals surface area contributed by atoms with E-state index in [1.165, 1.54) is 0 Å². The van der Waals surface area contributed by atoms with Crippen molar-refractivity contribution in [1.82, 2.24) is 10.6 Å². The standard InChI is InChI=1S/C10H16N2O8.4Na/c13-7(14)3-5(9(17)18)11-1-2-12-6(10(19)20)4-8(15)16;;;;/h5-6,11-12H,1-4H2,(H,13,14)(H,15,16)(H,17,18)(H,19,20);;;;/q;4*+1/t5-,6-;;;;/m0..../s1. The van der Waals surface area contributed by atoms with Crippen LogP contribution in [0.2, 0.25) is 0 Å². The van der Waals surface area contributed by atoms with Crippen molar-refractivity contribution in [3.8, 4) is 0 Å². The molecule has 0 aliphatic carbocycles. The van der Waals surface area contributed by atoms with Crippen LogP contribution in [0.1, 0.15) is 12.8 Å². The van der Waals surface area contributed by atoms with Gasteiger partial charge in [0.1, 0.15) is 12.1 Å². The molecule has 0 bridgehead atoms. The first-order valence-electron chi connectivity index (χ1n) is 5.60. The zero-order valence-corrected chi connectivity index (χ0v) is 22.4. The van der Waals surface area contributed by atoms with Crippen LogP contribution in [0, 0.1) is 0 Å². The van der Waals surface area contributed by atoms with E-state index in [1.54, 1.807) is 0 Å².